The average Bonchev–Trinajstić information content (AvgIpc) is 2.65. The summed E-state index contributed by atoms with van der Waals surface area (Å²) in [6, 6.07) is 10.8. The summed E-state index contributed by atoms with van der Waals surface area (Å²) in [5, 5.41) is 2.81. The highest BCUT2D eigenvalue weighted by atomic mass is 16.5. The lowest BCUT2D eigenvalue weighted by Crippen LogP contribution is -2.09. The molecule has 2 rings (SSSR count). The smallest absolute Gasteiger partial charge is 0.248 e. The van der Waals surface area contributed by atoms with Crippen LogP contribution in [0.5, 0.6) is 23.0 Å². The van der Waals surface area contributed by atoms with E-state index in [0.29, 0.717) is 34.2 Å². The summed E-state index contributed by atoms with van der Waals surface area (Å²) >= 11 is 0. The number of hydrogen-bond acceptors (Lipinski definition) is 5. The molecule has 6 heteroatoms. The highest BCUT2D eigenvalue weighted by molar-refractivity contribution is 6.02. The maximum Gasteiger partial charge on any atom is 0.248 e. The van der Waals surface area contributed by atoms with Crippen molar-refractivity contribution in [2.24, 2.45) is 0 Å². The molecule has 0 unspecified atom stereocenters. The molecular formula is C21H25NO5. The van der Waals surface area contributed by atoms with Gasteiger partial charge in [0.2, 0.25) is 11.7 Å². The second-order valence-electron chi connectivity index (χ2n) is 5.94. The fourth-order valence-electron chi connectivity index (χ4n) is 2.52. The van der Waals surface area contributed by atoms with E-state index < -0.39 is 0 Å². The third kappa shape index (κ3) is 5.41. The molecule has 0 saturated carbocycles. The molecule has 144 valence electrons. The van der Waals surface area contributed by atoms with Crippen molar-refractivity contribution < 1.29 is 23.7 Å². The minimum absolute atomic E-state index is 0.0633. The molecule has 0 fully saturated rings. The van der Waals surface area contributed by atoms with Crippen LogP contribution in [0.15, 0.2) is 42.5 Å². The van der Waals surface area contributed by atoms with E-state index in [4.69, 9.17) is 18.9 Å². The fraction of sp³-hybridized carbons (Fsp3) is 0.286. The van der Waals surface area contributed by atoms with Gasteiger partial charge in [0.15, 0.2) is 11.5 Å². The van der Waals surface area contributed by atoms with Crippen molar-refractivity contribution in [2.45, 2.75) is 20.0 Å². The van der Waals surface area contributed by atoms with Gasteiger partial charge in [-0.3, -0.25) is 4.79 Å². The minimum Gasteiger partial charge on any atom is -0.493 e. The molecule has 6 nitrogen and oxygen atoms in total. The molecule has 0 spiro atoms. The topological polar surface area (TPSA) is 66.0 Å². The van der Waals surface area contributed by atoms with Gasteiger partial charge in [0.25, 0.3) is 0 Å². The van der Waals surface area contributed by atoms with Gasteiger partial charge in [0.1, 0.15) is 5.75 Å². The van der Waals surface area contributed by atoms with Crippen molar-refractivity contribution >= 4 is 17.7 Å². The van der Waals surface area contributed by atoms with Crippen LogP contribution in [-0.4, -0.2) is 33.3 Å². The van der Waals surface area contributed by atoms with Crippen molar-refractivity contribution in [3.8, 4) is 23.0 Å². The van der Waals surface area contributed by atoms with Gasteiger partial charge < -0.3 is 24.3 Å². The molecule has 1 N–H and O–H groups in total. The lowest BCUT2D eigenvalue weighted by atomic mass is 10.1. The first-order valence-electron chi connectivity index (χ1n) is 8.53. The van der Waals surface area contributed by atoms with Gasteiger partial charge in [-0.2, -0.15) is 0 Å². The summed E-state index contributed by atoms with van der Waals surface area (Å²) < 4.78 is 21.6. The van der Waals surface area contributed by atoms with E-state index in [9.17, 15) is 4.79 Å². The summed E-state index contributed by atoms with van der Waals surface area (Å²) in [5.74, 6) is 1.95. The highest BCUT2D eigenvalue weighted by Gasteiger charge is 2.14. The quantitative estimate of drug-likeness (QED) is 0.706. The molecule has 0 aliphatic carbocycles. The Bertz CT molecular complexity index is 814. The second-order valence-corrected chi connectivity index (χ2v) is 5.94. The Kier molecular flexibility index (Phi) is 7.11. The number of methoxy groups -OCH3 is 3. The number of hydrogen-bond donors (Lipinski definition) is 1. The molecule has 0 bridgehead atoms. The monoisotopic (exact) mass is 371 g/mol. The number of anilines is 1. The van der Waals surface area contributed by atoms with Gasteiger partial charge in [-0.05, 0) is 44.2 Å². The van der Waals surface area contributed by atoms with E-state index in [-0.39, 0.29) is 12.0 Å². The fourth-order valence-corrected chi connectivity index (χ4v) is 2.52. The van der Waals surface area contributed by atoms with Crippen LogP contribution in [0.4, 0.5) is 5.69 Å². The lowest BCUT2D eigenvalue weighted by molar-refractivity contribution is -0.111. The number of benzene rings is 2. The Balaban J connectivity index is 2.15. The van der Waals surface area contributed by atoms with Gasteiger partial charge >= 0.3 is 0 Å². The Morgan fingerprint density at radius 1 is 1.00 bits per heavy atom. The number of carbonyl (C=O) groups is 1. The van der Waals surface area contributed by atoms with Gasteiger partial charge in [-0.15, -0.1) is 0 Å². The normalized spacial score (nSPS) is 10.7. The van der Waals surface area contributed by atoms with Crippen LogP contribution in [0, 0.1) is 0 Å². The molecule has 0 saturated heterocycles. The zero-order valence-electron chi connectivity index (χ0n) is 16.2. The third-order valence-electron chi connectivity index (χ3n) is 3.62. The Labute approximate surface area is 159 Å². The molecule has 0 radical (unpaired) electrons. The molecule has 0 aliphatic rings. The number of rotatable bonds is 8. The zero-order valence-corrected chi connectivity index (χ0v) is 16.2. The van der Waals surface area contributed by atoms with Crippen LogP contribution in [-0.2, 0) is 4.79 Å². The van der Waals surface area contributed by atoms with Crippen LogP contribution in [0.2, 0.25) is 0 Å². The van der Waals surface area contributed by atoms with Crippen molar-refractivity contribution in [3.05, 3.63) is 48.0 Å². The van der Waals surface area contributed by atoms with E-state index in [1.54, 1.807) is 37.5 Å². The first kappa shape index (κ1) is 20.2. The first-order valence-corrected chi connectivity index (χ1v) is 8.53. The summed E-state index contributed by atoms with van der Waals surface area (Å²) in [7, 11) is 4.62. The van der Waals surface area contributed by atoms with Gasteiger partial charge in [-0.25, -0.2) is 0 Å². The molecule has 27 heavy (non-hydrogen) atoms. The molecule has 1 amide bonds. The van der Waals surface area contributed by atoms with Gasteiger partial charge in [0, 0.05) is 23.4 Å². The van der Waals surface area contributed by atoms with E-state index in [0.717, 1.165) is 0 Å². The SMILES string of the molecule is COc1ccc(/C=C/C(=O)Nc2cccc(OC(C)C)c2)c(OC)c1OC. The summed E-state index contributed by atoms with van der Waals surface area (Å²) in [6.07, 6.45) is 3.15. The minimum atomic E-state index is -0.270. The summed E-state index contributed by atoms with van der Waals surface area (Å²) in [4.78, 5) is 12.3. The molecule has 2 aromatic carbocycles. The van der Waals surface area contributed by atoms with Gasteiger partial charge in [-0.1, -0.05) is 6.07 Å². The van der Waals surface area contributed by atoms with Crippen LogP contribution in [0.3, 0.4) is 0 Å². The molecule has 0 heterocycles. The molecule has 0 atom stereocenters. The Morgan fingerprint density at radius 3 is 2.37 bits per heavy atom. The van der Waals surface area contributed by atoms with Crippen LogP contribution in [0.25, 0.3) is 6.08 Å². The standard InChI is InChI=1S/C21H25NO5/c1-14(2)27-17-8-6-7-16(13-17)22-19(23)12-10-15-9-11-18(24-3)21(26-5)20(15)25-4/h6-14H,1-5H3,(H,22,23)/b12-10+. The lowest BCUT2D eigenvalue weighted by Gasteiger charge is -2.14. The van der Waals surface area contributed by atoms with Crippen LogP contribution < -0.4 is 24.3 Å². The van der Waals surface area contributed by atoms with Crippen LogP contribution in [0.1, 0.15) is 19.4 Å². The van der Waals surface area contributed by atoms with E-state index >= 15 is 0 Å². The molecule has 0 aliphatic heterocycles. The summed E-state index contributed by atoms with van der Waals surface area (Å²) in [5.41, 5.74) is 1.35. The number of ether oxygens (including phenoxy) is 4. The van der Waals surface area contributed by atoms with Crippen LogP contribution >= 0.6 is 0 Å². The first-order chi connectivity index (χ1) is 13.0. The van der Waals surface area contributed by atoms with Crippen molar-refractivity contribution in [2.75, 3.05) is 26.6 Å². The largest absolute Gasteiger partial charge is 0.493 e. The number of carbonyl (C=O) groups excluding carboxylic acids is 1. The maximum atomic E-state index is 12.3. The Morgan fingerprint density at radius 2 is 1.74 bits per heavy atom. The molecule has 2 aromatic rings. The summed E-state index contributed by atoms with van der Waals surface area (Å²) in [6.45, 7) is 3.90. The van der Waals surface area contributed by atoms with E-state index in [1.807, 2.05) is 26.0 Å². The second kappa shape index (κ2) is 9.52. The third-order valence-corrected chi connectivity index (χ3v) is 3.62. The van der Waals surface area contributed by atoms with E-state index in [1.165, 1.54) is 20.3 Å². The highest BCUT2D eigenvalue weighted by Crippen LogP contribution is 2.40. The van der Waals surface area contributed by atoms with Crippen molar-refractivity contribution in [1.29, 1.82) is 0 Å². The number of nitrogens with one attached hydrogen (secondary N) is 1. The molecular weight excluding hydrogens is 346 g/mol. The molecule has 0 aromatic heterocycles. The van der Waals surface area contributed by atoms with Crippen molar-refractivity contribution in [3.63, 3.8) is 0 Å². The van der Waals surface area contributed by atoms with E-state index in [2.05, 4.69) is 5.32 Å². The predicted octanol–water partition coefficient (Wildman–Crippen LogP) is 4.15. The zero-order chi connectivity index (χ0) is 19.8. The predicted molar refractivity (Wildman–Crippen MR) is 106 cm³/mol. The van der Waals surface area contributed by atoms with Gasteiger partial charge in [0.05, 0.1) is 27.4 Å². The maximum absolute atomic E-state index is 12.3. The number of amides is 1. The van der Waals surface area contributed by atoms with Crippen molar-refractivity contribution in [1.82, 2.24) is 0 Å². The average molecular weight is 371 g/mol. The Hall–Kier alpha value is -3.15.